The molecule has 0 atom stereocenters. The summed E-state index contributed by atoms with van der Waals surface area (Å²) < 4.78 is 40.0. The topological polar surface area (TPSA) is 89.0 Å². The highest BCUT2D eigenvalue weighted by molar-refractivity contribution is 14.1. The molecule has 0 unspecified atom stereocenters. The molecule has 1 heterocycles. The molecule has 1 aromatic heterocycles. The van der Waals surface area contributed by atoms with Gasteiger partial charge in [-0.3, -0.25) is 10.1 Å². The van der Waals surface area contributed by atoms with E-state index in [1.165, 1.54) is 22.6 Å². The summed E-state index contributed by atoms with van der Waals surface area (Å²) in [6.45, 7) is 0. The van der Waals surface area contributed by atoms with Gasteiger partial charge in [-0.05, 0) is 22.6 Å². The van der Waals surface area contributed by atoms with Crippen LogP contribution in [0.25, 0.3) is 0 Å². The van der Waals surface area contributed by atoms with E-state index < -0.39 is 34.7 Å². The zero-order valence-corrected chi connectivity index (χ0v) is 10.5. The first kappa shape index (κ1) is 14.4. The first-order valence-corrected chi connectivity index (χ1v) is 5.28. The fourth-order valence-corrected chi connectivity index (χ4v) is 1.70. The van der Waals surface area contributed by atoms with E-state index in [-0.39, 0.29) is 3.70 Å². The molecule has 0 radical (unpaired) electrons. The number of nitriles is 1. The minimum absolute atomic E-state index is 0.208. The molecule has 96 valence electrons. The smallest absolute Gasteiger partial charge is 0.402 e. The van der Waals surface area contributed by atoms with Gasteiger partial charge in [0, 0.05) is 0 Å². The third-order valence-electron chi connectivity index (χ3n) is 1.74. The van der Waals surface area contributed by atoms with E-state index in [0.717, 1.165) is 6.20 Å². The lowest BCUT2D eigenvalue weighted by molar-refractivity contribution is -0.386. The van der Waals surface area contributed by atoms with Crippen LogP contribution in [0.2, 0.25) is 0 Å². The van der Waals surface area contributed by atoms with Crippen molar-refractivity contribution in [3.63, 3.8) is 0 Å². The van der Waals surface area contributed by atoms with Gasteiger partial charge in [-0.1, -0.05) is 0 Å². The Morgan fingerprint density at radius 1 is 1.61 bits per heavy atom. The van der Waals surface area contributed by atoms with E-state index in [1.807, 2.05) is 0 Å². The third kappa shape index (κ3) is 3.42. The molecule has 1 rings (SSSR count). The zero-order chi connectivity index (χ0) is 13.9. The molecule has 1 aromatic rings. The molecule has 0 aliphatic rings. The number of pyridine rings is 1. The predicted octanol–water partition coefficient (Wildman–Crippen LogP) is 2.56. The van der Waals surface area contributed by atoms with E-state index in [2.05, 4.69) is 9.72 Å². The van der Waals surface area contributed by atoms with Gasteiger partial charge >= 0.3 is 6.36 Å². The molecule has 0 saturated carbocycles. The number of alkyl halides is 3. The molecule has 0 N–H and O–H groups in total. The Hall–Kier alpha value is -1.64. The van der Waals surface area contributed by atoms with E-state index in [1.54, 1.807) is 6.07 Å². The second-order valence-corrected chi connectivity index (χ2v) is 3.90. The molecule has 0 bridgehead atoms. The fraction of sp³-hybridized carbons (Fsp3) is 0.250. The van der Waals surface area contributed by atoms with Gasteiger partial charge in [-0.15, -0.1) is 13.2 Å². The molecule has 0 spiro atoms. The molecule has 0 fully saturated rings. The lowest BCUT2D eigenvalue weighted by Crippen LogP contribution is -2.19. The van der Waals surface area contributed by atoms with Crippen LogP contribution in [-0.2, 0) is 6.42 Å². The first-order valence-electron chi connectivity index (χ1n) is 4.20. The maximum atomic E-state index is 12.2. The van der Waals surface area contributed by atoms with Gasteiger partial charge in [-0.25, -0.2) is 4.98 Å². The molecule has 0 aliphatic carbocycles. The average molecular weight is 373 g/mol. The summed E-state index contributed by atoms with van der Waals surface area (Å²) in [5, 5.41) is 19.1. The maximum Gasteiger partial charge on any atom is 0.573 e. The first-order chi connectivity index (χ1) is 8.26. The van der Waals surface area contributed by atoms with Crippen LogP contribution < -0.4 is 4.74 Å². The summed E-state index contributed by atoms with van der Waals surface area (Å²) in [5.41, 5.74) is -1.13. The highest BCUT2D eigenvalue weighted by Crippen LogP contribution is 2.35. The van der Waals surface area contributed by atoms with Crippen LogP contribution in [0.1, 0.15) is 5.56 Å². The summed E-state index contributed by atoms with van der Waals surface area (Å²) in [4.78, 5) is 13.2. The number of nitro groups is 1. The maximum absolute atomic E-state index is 12.2. The Bertz CT molecular complexity index is 527. The SMILES string of the molecule is N#CCc1c([N+](=O)[O-])cnc(I)c1OC(F)(F)F. The molecule has 18 heavy (non-hydrogen) atoms. The Morgan fingerprint density at radius 3 is 2.67 bits per heavy atom. The predicted molar refractivity (Wildman–Crippen MR) is 59.6 cm³/mol. The van der Waals surface area contributed by atoms with Crippen molar-refractivity contribution in [1.29, 1.82) is 5.26 Å². The number of hydrogen-bond acceptors (Lipinski definition) is 5. The van der Waals surface area contributed by atoms with Gasteiger partial charge in [0.1, 0.15) is 9.90 Å². The lowest BCUT2D eigenvalue weighted by Gasteiger charge is -2.12. The average Bonchev–Trinajstić information content (AvgIpc) is 2.21. The second-order valence-electron chi connectivity index (χ2n) is 2.88. The molecular weight excluding hydrogens is 370 g/mol. The Balaban J connectivity index is 3.42. The van der Waals surface area contributed by atoms with Crippen LogP contribution in [0, 0.1) is 25.1 Å². The molecule has 0 saturated heterocycles. The fourth-order valence-electron chi connectivity index (χ4n) is 1.12. The van der Waals surface area contributed by atoms with Crippen LogP contribution >= 0.6 is 22.6 Å². The van der Waals surface area contributed by atoms with Crippen LogP contribution in [-0.4, -0.2) is 16.3 Å². The van der Waals surface area contributed by atoms with Crippen LogP contribution in [0.3, 0.4) is 0 Å². The Morgan fingerprint density at radius 2 is 2.22 bits per heavy atom. The Kier molecular flexibility index (Phi) is 4.28. The van der Waals surface area contributed by atoms with E-state index >= 15 is 0 Å². The number of hydrogen-bond donors (Lipinski definition) is 0. The van der Waals surface area contributed by atoms with E-state index in [9.17, 15) is 23.3 Å². The highest BCUT2D eigenvalue weighted by atomic mass is 127. The van der Waals surface area contributed by atoms with Gasteiger partial charge < -0.3 is 4.74 Å². The standard InChI is InChI=1S/C8H3F3IN3O3/c9-8(10,11)18-6-4(1-2-13)5(15(16)17)3-14-7(6)12/h3H,1H2. The normalized spacial score (nSPS) is 10.8. The van der Waals surface area contributed by atoms with Crippen molar-refractivity contribution in [2.24, 2.45) is 0 Å². The third-order valence-corrected chi connectivity index (χ3v) is 2.51. The van der Waals surface area contributed by atoms with Crippen LogP contribution in [0.15, 0.2) is 6.20 Å². The van der Waals surface area contributed by atoms with Crippen molar-refractivity contribution in [3.8, 4) is 11.8 Å². The summed E-state index contributed by atoms with van der Waals surface area (Å²) in [7, 11) is 0. The van der Waals surface area contributed by atoms with Gasteiger partial charge in [0.25, 0.3) is 5.69 Å². The molecule has 0 aliphatic heterocycles. The van der Waals surface area contributed by atoms with Crippen molar-refractivity contribution < 1.29 is 22.8 Å². The van der Waals surface area contributed by atoms with Gasteiger partial charge in [0.2, 0.25) is 0 Å². The number of rotatable bonds is 3. The molecule has 6 nitrogen and oxygen atoms in total. The number of aromatic nitrogens is 1. The second kappa shape index (κ2) is 5.34. The highest BCUT2D eigenvalue weighted by Gasteiger charge is 2.35. The van der Waals surface area contributed by atoms with Gasteiger partial charge in [0.05, 0.1) is 23.0 Å². The minimum Gasteiger partial charge on any atom is -0.402 e. The van der Waals surface area contributed by atoms with Gasteiger partial charge in [0.15, 0.2) is 5.75 Å². The summed E-state index contributed by atoms with van der Waals surface area (Å²) >= 11 is 1.44. The molecule has 0 amide bonds. The zero-order valence-electron chi connectivity index (χ0n) is 8.36. The molecule has 10 heteroatoms. The lowest BCUT2D eigenvalue weighted by atomic mass is 10.1. The minimum atomic E-state index is -5.01. The summed E-state index contributed by atoms with van der Waals surface area (Å²) in [6.07, 6.45) is -4.81. The molecule has 0 aromatic carbocycles. The summed E-state index contributed by atoms with van der Waals surface area (Å²) in [6, 6.07) is 1.55. The van der Waals surface area contributed by atoms with Crippen LogP contribution in [0.4, 0.5) is 18.9 Å². The quantitative estimate of drug-likeness (QED) is 0.352. The van der Waals surface area contributed by atoms with Crippen molar-refractivity contribution in [1.82, 2.24) is 4.98 Å². The summed E-state index contributed by atoms with van der Waals surface area (Å²) in [5.74, 6) is -0.807. The van der Waals surface area contributed by atoms with Crippen molar-refractivity contribution in [3.05, 3.63) is 25.6 Å². The number of ether oxygens (including phenoxy) is 1. The largest absolute Gasteiger partial charge is 0.573 e. The van der Waals surface area contributed by atoms with Gasteiger partial charge in [-0.2, -0.15) is 5.26 Å². The molecular formula is C8H3F3IN3O3. The van der Waals surface area contributed by atoms with Crippen LogP contribution in [0.5, 0.6) is 5.75 Å². The Labute approximate surface area is 112 Å². The number of nitrogens with zero attached hydrogens (tertiary/aromatic N) is 3. The van der Waals surface area contributed by atoms with Crippen molar-refractivity contribution in [2.75, 3.05) is 0 Å². The number of halogens is 4. The van der Waals surface area contributed by atoms with E-state index in [0.29, 0.717) is 0 Å². The van der Waals surface area contributed by atoms with Crippen molar-refractivity contribution >= 4 is 28.3 Å². The van der Waals surface area contributed by atoms with E-state index in [4.69, 9.17) is 5.26 Å². The van der Waals surface area contributed by atoms with Crippen molar-refractivity contribution in [2.45, 2.75) is 12.8 Å². The monoisotopic (exact) mass is 373 g/mol.